The molecule has 5 nitrogen and oxygen atoms in total. The number of benzene rings is 1. The van der Waals surface area contributed by atoms with Crippen molar-refractivity contribution in [2.24, 2.45) is 5.92 Å². The number of hydrogen-bond donors (Lipinski definition) is 1. The number of esters is 1. The Bertz CT molecular complexity index is 495. The van der Waals surface area contributed by atoms with Gasteiger partial charge < -0.3 is 14.8 Å². The van der Waals surface area contributed by atoms with Crippen LogP contribution in [0.25, 0.3) is 0 Å². The monoisotopic (exact) mass is 291 g/mol. The van der Waals surface area contributed by atoms with Gasteiger partial charge in [-0.3, -0.25) is 4.79 Å². The summed E-state index contributed by atoms with van der Waals surface area (Å²) in [4.78, 5) is 23.2. The highest BCUT2D eigenvalue weighted by molar-refractivity contribution is 5.92. The van der Waals surface area contributed by atoms with Gasteiger partial charge in [0, 0.05) is 17.7 Å². The van der Waals surface area contributed by atoms with Crippen LogP contribution in [-0.4, -0.2) is 25.6 Å². The summed E-state index contributed by atoms with van der Waals surface area (Å²) in [5, 5.41) is 2.92. The zero-order chi connectivity index (χ0) is 15.1. The number of hydrogen-bond acceptors (Lipinski definition) is 4. The zero-order valence-corrected chi connectivity index (χ0v) is 12.3. The molecule has 0 saturated heterocycles. The lowest BCUT2D eigenvalue weighted by molar-refractivity contribution is -0.142. The number of amides is 1. The number of ether oxygens (including phenoxy) is 2. The molecule has 21 heavy (non-hydrogen) atoms. The van der Waals surface area contributed by atoms with Crippen LogP contribution >= 0.6 is 0 Å². The van der Waals surface area contributed by atoms with Crippen molar-refractivity contribution in [2.45, 2.75) is 32.1 Å². The van der Waals surface area contributed by atoms with Gasteiger partial charge in [-0.2, -0.15) is 0 Å². The van der Waals surface area contributed by atoms with Crippen LogP contribution < -0.4 is 10.1 Å². The van der Waals surface area contributed by atoms with E-state index >= 15 is 0 Å². The lowest BCUT2D eigenvalue weighted by Crippen LogP contribution is -2.24. The van der Waals surface area contributed by atoms with Crippen LogP contribution in [0.15, 0.2) is 24.3 Å². The summed E-state index contributed by atoms with van der Waals surface area (Å²) in [6, 6.07) is 7.04. The van der Waals surface area contributed by atoms with Crippen molar-refractivity contribution in [3.63, 3.8) is 0 Å². The summed E-state index contributed by atoms with van der Waals surface area (Å²) in [6.07, 6.45) is 5.40. The molecule has 1 aliphatic rings. The van der Waals surface area contributed by atoms with E-state index in [1.165, 1.54) is 13.5 Å². The number of rotatable bonds is 5. The van der Waals surface area contributed by atoms with Gasteiger partial charge in [0.25, 0.3) is 0 Å². The maximum Gasteiger partial charge on any atom is 0.343 e. The van der Waals surface area contributed by atoms with Crippen LogP contribution in [-0.2, 0) is 14.3 Å². The molecule has 0 atom stereocenters. The average molecular weight is 291 g/mol. The molecule has 1 amide bonds. The third-order valence-electron chi connectivity index (χ3n) is 3.66. The molecule has 0 unspecified atom stereocenters. The third-order valence-corrected chi connectivity index (χ3v) is 3.66. The summed E-state index contributed by atoms with van der Waals surface area (Å²) in [6.45, 7) is -0.142. The zero-order valence-electron chi connectivity index (χ0n) is 12.3. The minimum absolute atomic E-state index is 0.0693. The summed E-state index contributed by atoms with van der Waals surface area (Å²) < 4.78 is 9.81. The molecule has 114 valence electrons. The Balaban J connectivity index is 1.90. The van der Waals surface area contributed by atoms with Crippen molar-refractivity contribution < 1.29 is 19.1 Å². The van der Waals surface area contributed by atoms with Crippen LogP contribution in [0.2, 0.25) is 0 Å². The smallest absolute Gasteiger partial charge is 0.343 e. The fourth-order valence-corrected chi connectivity index (χ4v) is 2.47. The summed E-state index contributed by atoms with van der Waals surface area (Å²) in [5.41, 5.74) is 0.688. The van der Waals surface area contributed by atoms with E-state index in [1.807, 2.05) is 6.07 Å². The van der Waals surface area contributed by atoms with Gasteiger partial charge in [0.2, 0.25) is 5.91 Å². The third kappa shape index (κ3) is 4.77. The molecule has 0 aliphatic heterocycles. The van der Waals surface area contributed by atoms with Crippen molar-refractivity contribution in [3.8, 4) is 5.75 Å². The first-order valence-electron chi connectivity index (χ1n) is 7.29. The number of methoxy groups -OCH3 is 1. The number of anilines is 1. The second-order valence-corrected chi connectivity index (χ2v) is 5.22. The fourth-order valence-electron chi connectivity index (χ4n) is 2.47. The molecule has 1 fully saturated rings. The molecular weight excluding hydrogens is 270 g/mol. The Kier molecular flexibility index (Phi) is 5.60. The largest absolute Gasteiger partial charge is 0.482 e. The van der Waals surface area contributed by atoms with E-state index in [2.05, 4.69) is 10.1 Å². The molecule has 1 saturated carbocycles. The fraction of sp³-hybridized carbons (Fsp3) is 0.500. The van der Waals surface area contributed by atoms with Gasteiger partial charge in [0.05, 0.1) is 7.11 Å². The Labute approximate surface area is 124 Å². The van der Waals surface area contributed by atoms with E-state index in [4.69, 9.17) is 4.74 Å². The topological polar surface area (TPSA) is 64.6 Å². The molecule has 1 aromatic rings. The van der Waals surface area contributed by atoms with Crippen LogP contribution in [0.5, 0.6) is 5.75 Å². The average Bonchev–Trinajstić information content (AvgIpc) is 2.53. The molecular formula is C16H21NO4. The molecule has 0 radical (unpaired) electrons. The van der Waals surface area contributed by atoms with Gasteiger partial charge in [-0.25, -0.2) is 4.79 Å². The SMILES string of the molecule is COC(=O)COc1cccc(NC(=O)C2CCCCC2)c1. The van der Waals surface area contributed by atoms with E-state index < -0.39 is 5.97 Å². The van der Waals surface area contributed by atoms with Gasteiger partial charge in [-0.15, -0.1) is 0 Å². The molecule has 0 heterocycles. The Morgan fingerprint density at radius 3 is 2.71 bits per heavy atom. The summed E-state index contributed by atoms with van der Waals surface area (Å²) in [7, 11) is 1.31. The first kappa shape index (κ1) is 15.4. The molecule has 0 spiro atoms. The molecule has 2 rings (SSSR count). The van der Waals surface area contributed by atoms with Gasteiger partial charge >= 0.3 is 5.97 Å². The molecule has 5 heteroatoms. The highest BCUT2D eigenvalue weighted by atomic mass is 16.6. The maximum absolute atomic E-state index is 12.2. The minimum Gasteiger partial charge on any atom is -0.482 e. The second-order valence-electron chi connectivity index (χ2n) is 5.22. The van der Waals surface area contributed by atoms with Crippen molar-refractivity contribution in [3.05, 3.63) is 24.3 Å². The highest BCUT2D eigenvalue weighted by Crippen LogP contribution is 2.25. The quantitative estimate of drug-likeness (QED) is 0.847. The van der Waals surface area contributed by atoms with Crippen molar-refractivity contribution >= 4 is 17.6 Å². The number of carbonyl (C=O) groups is 2. The van der Waals surface area contributed by atoms with Gasteiger partial charge in [0.15, 0.2) is 6.61 Å². The Morgan fingerprint density at radius 2 is 2.00 bits per heavy atom. The van der Waals surface area contributed by atoms with E-state index in [0.29, 0.717) is 11.4 Å². The van der Waals surface area contributed by atoms with E-state index in [1.54, 1.807) is 18.2 Å². The van der Waals surface area contributed by atoms with E-state index in [-0.39, 0.29) is 18.4 Å². The van der Waals surface area contributed by atoms with Crippen LogP contribution in [0, 0.1) is 5.92 Å². The van der Waals surface area contributed by atoms with Gasteiger partial charge in [-0.05, 0) is 25.0 Å². The number of carbonyl (C=O) groups excluding carboxylic acids is 2. The minimum atomic E-state index is -0.438. The maximum atomic E-state index is 12.2. The standard InChI is InChI=1S/C16H21NO4/c1-20-15(18)11-21-14-9-5-8-13(10-14)17-16(19)12-6-3-2-4-7-12/h5,8-10,12H,2-4,6-7,11H2,1H3,(H,17,19). The van der Waals surface area contributed by atoms with Crippen LogP contribution in [0.4, 0.5) is 5.69 Å². The van der Waals surface area contributed by atoms with Crippen LogP contribution in [0.3, 0.4) is 0 Å². The molecule has 1 aliphatic carbocycles. The Morgan fingerprint density at radius 1 is 1.24 bits per heavy atom. The first-order valence-corrected chi connectivity index (χ1v) is 7.29. The van der Waals surface area contributed by atoms with Gasteiger partial charge in [0.1, 0.15) is 5.75 Å². The molecule has 1 aromatic carbocycles. The van der Waals surface area contributed by atoms with Gasteiger partial charge in [-0.1, -0.05) is 25.3 Å². The van der Waals surface area contributed by atoms with Crippen molar-refractivity contribution in [1.82, 2.24) is 0 Å². The normalized spacial score (nSPS) is 15.3. The highest BCUT2D eigenvalue weighted by Gasteiger charge is 2.21. The first-order chi connectivity index (χ1) is 10.2. The molecule has 1 N–H and O–H groups in total. The Hall–Kier alpha value is -2.04. The summed E-state index contributed by atoms with van der Waals surface area (Å²) in [5.74, 6) is 0.270. The number of nitrogens with one attached hydrogen (secondary N) is 1. The lowest BCUT2D eigenvalue weighted by atomic mass is 9.88. The van der Waals surface area contributed by atoms with Crippen molar-refractivity contribution in [1.29, 1.82) is 0 Å². The van der Waals surface area contributed by atoms with E-state index in [9.17, 15) is 9.59 Å². The summed E-state index contributed by atoms with van der Waals surface area (Å²) >= 11 is 0. The molecule has 0 bridgehead atoms. The van der Waals surface area contributed by atoms with Crippen molar-refractivity contribution in [2.75, 3.05) is 19.0 Å². The lowest BCUT2D eigenvalue weighted by Gasteiger charge is -2.20. The predicted octanol–water partition coefficient (Wildman–Crippen LogP) is 2.76. The predicted molar refractivity (Wildman–Crippen MR) is 79.2 cm³/mol. The second kappa shape index (κ2) is 7.67. The van der Waals surface area contributed by atoms with Crippen LogP contribution in [0.1, 0.15) is 32.1 Å². The van der Waals surface area contributed by atoms with E-state index in [0.717, 1.165) is 25.7 Å². The molecule has 0 aromatic heterocycles.